The third kappa shape index (κ3) is 7.61. The number of fused-ring (bicyclic) bond motifs is 3. The van der Waals surface area contributed by atoms with E-state index in [-0.39, 0.29) is 30.7 Å². The highest BCUT2D eigenvalue weighted by Crippen LogP contribution is 2.17. The Labute approximate surface area is 245 Å². The van der Waals surface area contributed by atoms with Gasteiger partial charge in [0.05, 0.1) is 19.9 Å². The summed E-state index contributed by atoms with van der Waals surface area (Å²) in [4.78, 5) is 44.3. The molecule has 3 heterocycles. The number of methoxy groups -OCH3 is 1. The van der Waals surface area contributed by atoms with Gasteiger partial charge in [-0.25, -0.2) is 0 Å². The topological polar surface area (TPSA) is 122 Å². The van der Waals surface area contributed by atoms with Gasteiger partial charge in [0.2, 0.25) is 17.7 Å². The number of aryl methyl sites for hydroxylation is 1. The van der Waals surface area contributed by atoms with Gasteiger partial charge in [0.25, 0.3) is 0 Å². The summed E-state index contributed by atoms with van der Waals surface area (Å²) < 4.78 is 6.90. The number of rotatable bonds is 6. The van der Waals surface area contributed by atoms with Gasteiger partial charge in [-0.2, -0.15) is 0 Å². The van der Waals surface area contributed by atoms with E-state index in [0.717, 1.165) is 16.9 Å². The Morgan fingerprint density at radius 2 is 1.83 bits per heavy atom. The summed E-state index contributed by atoms with van der Waals surface area (Å²) in [6.45, 7) is 2.67. The third-order valence-corrected chi connectivity index (χ3v) is 7.58. The molecule has 5 rings (SSSR count). The molecule has 2 aliphatic heterocycles. The molecule has 0 saturated carbocycles. The number of carbonyl (C=O) groups is 3. The molecule has 11 nitrogen and oxygen atoms in total. The Kier molecular flexibility index (Phi) is 9.60. The summed E-state index contributed by atoms with van der Waals surface area (Å²) >= 11 is 0. The molecule has 2 N–H and O–H groups in total. The zero-order chi connectivity index (χ0) is 29.3. The van der Waals surface area contributed by atoms with Crippen LogP contribution in [-0.4, -0.2) is 87.9 Å². The van der Waals surface area contributed by atoms with Gasteiger partial charge in [0.15, 0.2) is 0 Å². The van der Waals surface area contributed by atoms with Crippen LogP contribution in [0.1, 0.15) is 29.7 Å². The van der Waals surface area contributed by atoms with Crippen LogP contribution in [0.4, 0.5) is 0 Å². The summed E-state index contributed by atoms with van der Waals surface area (Å²) in [5.74, 6) is 0.0803. The predicted octanol–water partition coefficient (Wildman–Crippen LogP) is 1.65. The van der Waals surface area contributed by atoms with E-state index < -0.39 is 12.1 Å². The highest BCUT2D eigenvalue weighted by atomic mass is 16.5. The molecule has 3 amide bonds. The molecule has 1 aromatic heterocycles. The smallest absolute Gasteiger partial charge is 0.246 e. The molecular weight excluding hydrogens is 534 g/mol. The van der Waals surface area contributed by atoms with Crippen LogP contribution in [0, 0.1) is 0 Å². The average Bonchev–Trinajstić information content (AvgIpc) is 3.47. The van der Waals surface area contributed by atoms with Gasteiger partial charge in [-0.05, 0) is 29.7 Å². The zero-order valence-electron chi connectivity index (χ0n) is 23.8. The molecule has 0 aliphatic carbocycles. The average molecular weight is 572 g/mol. The Morgan fingerprint density at radius 1 is 1.02 bits per heavy atom. The van der Waals surface area contributed by atoms with Gasteiger partial charge in [0.1, 0.15) is 23.5 Å². The number of hydrogen-bond acceptors (Lipinski definition) is 7. The van der Waals surface area contributed by atoms with Crippen molar-refractivity contribution >= 4 is 23.8 Å². The summed E-state index contributed by atoms with van der Waals surface area (Å²) in [6, 6.07) is 15.9. The molecule has 0 radical (unpaired) electrons. The number of benzene rings is 2. The fourth-order valence-corrected chi connectivity index (χ4v) is 5.29. The summed E-state index contributed by atoms with van der Waals surface area (Å²) in [7, 11) is 1.64. The van der Waals surface area contributed by atoms with Crippen molar-refractivity contribution in [3.8, 4) is 5.75 Å². The van der Waals surface area contributed by atoms with E-state index in [2.05, 4.69) is 31.9 Å². The normalized spacial score (nSPS) is 20.8. The number of nitrogens with one attached hydrogen (secondary N) is 2. The summed E-state index contributed by atoms with van der Waals surface area (Å²) in [5.41, 5.74) is 2.61. The van der Waals surface area contributed by atoms with Crippen LogP contribution in [0.2, 0.25) is 0 Å². The number of amides is 3. The Morgan fingerprint density at radius 3 is 2.62 bits per heavy atom. The van der Waals surface area contributed by atoms with Crippen LogP contribution in [0.25, 0.3) is 6.08 Å². The van der Waals surface area contributed by atoms with Gasteiger partial charge in [0, 0.05) is 45.6 Å². The number of aromatic nitrogens is 3. The van der Waals surface area contributed by atoms with Crippen molar-refractivity contribution in [2.45, 2.75) is 44.4 Å². The number of carbonyl (C=O) groups excluding carboxylic acids is 3. The first-order valence-electron chi connectivity index (χ1n) is 14.3. The molecule has 2 atom stereocenters. The van der Waals surface area contributed by atoms with Crippen molar-refractivity contribution in [2.75, 3.05) is 33.3 Å². The molecule has 2 bridgehead atoms. The Hall–Kier alpha value is -4.51. The molecular formula is C31H37N7O4. The first-order valence-corrected chi connectivity index (χ1v) is 14.3. The van der Waals surface area contributed by atoms with Gasteiger partial charge >= 0.3 is 0 Å². The fraction of sp³-hybridized carbons (Fsp3) is 0.387. The Balaban J connectivity index is 1.35. The van der Waals surface area contributed by atoms with Crippen LogP contribution in [0.5, 0.6) is 5.75 Å². The summed E-state index contributed by atoms with van der Waals surface area (Å²) in [6.07, 6.45) is 7.01. The fourth-order valence-electron chi connectivity index (χ4n) is 5.29. The second kappa shape index (κ2) is 13.9. The standard InChI is InChI=1S/C31H37N7O4/c1-42-26-13-11-23(12-14-26)9-5-15-36-17-18-38-28(22-36)30(40)32-20-25-21-37(35-34-25)16-6-10-29(39)33-27(31(38)41)19-24-7-3-2-4-8-24/h2-5,7-9,11-14,21,27-28H,6,10,15-20,22H2,1H3,(H,32,40)(H,33,39)/t27-,28+/m0/s1. The minimum Gasteiger partial charge on any atom is -0.497 e. The van der Waals surface area contributed by atoms with Gasteiger partial charge in [-0.3, -0.25) is 24.0 Å². The lowest BCUT2D eigenvalue weighted by Gasteiger charge is -2.41. The lowest BCUT2D eigenvalue weighted by atomic mass is 10.0. The van der Waals surface area contributed by atoms with Gasteiger partial charge in [-0.15, -0.1) is 5.10 Å². The molecule has 2 aromatic carbocycles. The minimum absolute atomic E-state index is 0.206. The maximum absolute atomic E-state index is 14.0. The first-order chi connectivity index (χ1) is 20.5. The predicted molar refractivity (Wildman–Crippen MR) is 157 cm³/mol. The molecule has 1 fully saturated rings. The SMILES string of the molecule is COc1ccc(C=CCN2CCN3C(=O)[C@H](Cc4ccccc4)NC(=O)CCCn4cc(nn4)CNC(=O)[C@H]3C2)cc1. The lowest BCUT2D eigenvalue weighted by Crippen LogP contribution is -2.63. The van der Waals surface area contributed by atoms with Crippen LogP contribution in [0.3, 0.4) is 0 Å². The van der Waals surface area contributed by atoms with E-state index in [1.807, 2.05) is 60.7 Å². The molecule has 11 heteroatoms. The van der Waals surface area contributed by atoms with Gasteiger partial charge in [-0.1, -0.05) is 59.8 Å². The molecule has 3 aromatic rings. The third-order valence-electron chi connectivity index (χ3n) is 7.58. The molecule has 1 saturated heterocycles. The number of ether oxygens (including phenoxy) is 1. The molecule has 220 valence electrons. The van der Waals surface area contributed by atoms with Crippen LogP contribution < -0.4 is 15.4 Å². The van der Waals surface area contributed by atoms with Crippen LogP contribution >= 0.6 is 0 Å². The lowest BCUT2D eigenvalue weighted by molar-refractivity contribution is -0.146. The number of piperazine rings is 1. The van der Waals surface area contributed by atoms with Crippen molar-refractivity contribution in [1.29, 1.82) is 0 Å². The van der Waals surface area contributed by atoms with E-state index >= 15 is 0 Å². The second-order valence-corrected chi connectivity index (χ2v) is 10.6. The van der Waals surface area contributed by atoms with E-state index in [0.29, 0.717) is 51.3 Å². The second-order valence-electron chi connectivity index (χ2n) is 10.6. The maximum atomic E-state index is 14.0. The molecule has 0 unspecified atom stereocenters. The summed E-state index contributed by atoms with van der Waals surface area (Å²) in [5, 5.41) is 14.2. The van der Waals surface area contributed by atoms with Crippen molar-refractivity contribution in [2.24, 2.45) is 0 Å². The highest BCUT2D eigenvalue weighted by molar-refractivity contribution is 5.92. The largest absolute Gasteiger partial charge is 0.497 e. The molecule has 42 heavy (non-hydrogen) atoms. The minimum atomic E-state index is -0.778. The van der Waals surface area contributed by atoms with Gasteiger partial charge < -0.3 is 20.3 Å². The Bertz CT molecular complexity index is 1390. The maximum Gasteiger partial charge on any atom is 0.246 e. The zero-order valence-corrected chi connectivity index (χ0v) is 23.8. The van der Waals surface area contributed by atoms with Crippen LogP contribution in [-0.2, 0) is 33.9 Å². The van der Waals surface area contributed by atoms with Crippen molar-refractivity contribution < 1.29 is 19.1 Å². The quantitative estimate of drug-likeness (QED) is 0.462. The van der Waals surface area contributed by atoms with Crippen LogP contribution in [0.15, 0.2) is 66.9 Å². The number of hydrogen-bond donors (Lipinski definition) is 2. The van der Waals surface area contributed by atoms with Crippen molar-refractivity contribution in [3.05, 3.63) is 83.7 Å². The molecule has 0 spiro atoms. The van der Waals surface area contributed by atoms with E-state index in [1.54, 1.807) is 22.9 Å². The molecule has 2 aliphatic rings. The van der Waals surface area contributed by atoms with Crippen molar-refractivity contribution in [3.63, 3.8) is 0 Å². The highest BCUT2D eigenvalue weighted by Gasteiger charge is 2.38. The van der Waals surface area contributed by atoms with E-state index in [9.17, 15) is 14.4 Å². The van der Waals surface area contributed by atoms with Crippen molar-refractivity contribution in [1.82, 2.24) is 35.4 Å². The first kappa shape index (κ1) is 29.0. The monoisotopic (exact) mass is 571 g/mol. The van der Waals surface area contributed by atoms with E-state index in [1.165, 1.54) is 0 Å². The number of nitrogens with zero attached hydrogens (tertiary/aromatic N) is 5. The van der Waals surface area contributed by atoms with E-state index in [4.69, 9.17) is 4.74 Å².